The van der Waals surface area contributed by atoms with E-state index in [-0.39, 0.29) is 19.1 Å². The Bertz CT molecular complexity index is 913. The zero-order chi connectivity index (χ0) is 20.1. The summed E-state index contributed by atoms with van der Waals surface area (Å²) in [6.07, 6.45) is 2.46. The van der Waals surface area contributed by atoms with Crippen molar-refractivity contribution in [2.75, 3.05) is 29.9 Å². The predicted molar refractivity (Wildman–Crippen MR) is 115 cm³/mol. The number of nitrogens with one attached hydrogen (secondary N) is 1. The Labute approximate surface area is 174 Å². The van der Waals surface area contributed by atoms with Gasteiger partial charge >= 0.3 is 0 Å². The molecular weight excluding hydrogens is 386 g/mol. The van der Waals surface area contributed by atoms with E-state index in [0.29, 0.717) is 11.5 Å². The number of amides is 1. The second kappa shape index (κ2) is 9.24. The lowest BCUT2D eigenvalue weighted by Gasteiger charge is -2.32. The molecular formula is C22H25N3O3S. The summed E-state index contributed by atoms with van der Waals surface area (Å²) in [4.78, 5) is 15.5. The fraction of sp³-hybridized carbons (Fsp3) is 0.364. The third-order valence-corrected chi connectivity index (χ3v) is 5.99. The molecule has 7 heteroatoms. The van der Waals surface area contributed by atoms with Crippen molar-refractivity contribution in [3.8, 4) is 10.6 Å². The first-order valence-electron chi connectivity index (χ1n) is 9.89. The Morgan fingerprint density at radius 1 is 1.28 bits per heavy atom. The number of piperidine rings is 1. The van der Waals surface area contributed by atoms with Crippen molar-refractivity contribution in [3.05, 3.63) is 53.5 Å². The molecule has 29 heavy (non-hydrogen) atoms. The van der Waals surface area contributed by atoms with Gasteiger partial charge < -0.3 is 19.5 Å². The fourth-order valence-electron chi connectivity index (χ4n) is 3.38. The normalized spacial score (nSPS) is 14.9. The average molecular weight is 412 g/mol. The van der Waals surface area contributed by atoms with Crippen LogP contribution in [0.15, 0.2) is 52.4 Å². The highest BCUT2D eigenvalue weighted by Crippen LogP contribution is 2.26. The van der Waals surface area contributed by atoms with Gasteiger partial charge in [0, 0.05) is 30.5 Å². The molecule has 1 saturated heterocycles. The molecule has 0 bridgehead atoms. The second-order valence-electron chi connectivity index (χ2n) is 7.42. The van der Waals surface area contributed by atoms with Crippen LogP contribution in [0.4, 0.5) is 11.4 Å². The molecule has 6 nitrogen and oxygen atoms in total. The van der Waals surface area contributed by atoms with Crippen molar-refractivity contribution in [2.24, 2.45) is 5.92 Å². The number of rotatable bonds is 7. The van der Waals surface area contributed by atoms with Gasteiger partial charge in [0.25, 0.3) is 0 Å². The third kappa shape index (κ3) is 5.25. The van der Waals surface area contributed by atoms with E-state index in [9.17, 15) is 4.79 Å². The lowest BCUT2D eigenvalue weighted by molar-refractivity contribution is -0.121. The highest BCUT2D eigenvalue weighted by Gasteiger charge is 2.16. The van der Waals surface area contributed by atoms with E-state index in [0.717, 1.165) is 29.6 Å². The van der Waals surface area contributed by atoms with Crippen LogP contribution < -0.4 is 10.2 Å². The van der Waals surface area contributed by atoms with E-state index in [2.05, 4.69) is 34.4 Å². The minimum absolute atomic E-state index is 0.0348. The molecule has 0 spiro atoms. The highest BCUT2D eigenvalue weighted by atomic mass is 32.1. The summed E-state index contributed by atoms with van der Waals surface area (Å²) >= 11 is 1.59. The Morgan fingerprint density at radius 2 is 2.07 bits per heavy atom. The minimum atomic E-state index is -0.188. The van der Waals surface area contributed by atoms with Gasteiger partial charge in [0.15, 0.2) is 5.76 Å². The molecule has 0 saturated carbocycles. The molecule has 4 rings (SSSR count). The maximum atomic E-state index is 12.1. The van der Waals surface area contributed by atoms with Crippen LogP contribution in [0, 0.1) is 5.92 Å². The number of carbonyl (C=O) groups excluding carboxylic acids is 1. The second-order valence-corrected chi connectivity index (χ2v) is 8.36. The molecule has 0 radical (unpaired) electrons. The molecule has 1 fully saturated rings. The Balaban J connectivity index is 1.21. The number of anilines is 2. The van der Waals surface area contributed by atoms with Crippen LogP contribution in [0.2, 0.25) is 0 Å². The quantitative estimate of drug-likeness (QED) is 0.605. The van der Waals surface area contributed by atoms with Gasteiger partial charge in [-0.1, -0.05) is 18.1 Å². The molecule has 0 unspecified atom stereocenters. The Morgan fingerprint density at radius 3 is 2.79 bits per heavy atom. The lowest BCUT2D eigenvalue weighted by atomic mass is 9.99. The van der Waals surface area contributed by atoms with Gasteiger partial charge in [0.1, 0.15) is 12.3 Å². The van der Waals surface area contributed by atoms with Crippen LogP contribution in [0.5, 0.6) is 0 Å². The van der Waals surface area contributed by atoms with Gasteiger partial charge in [0.05, 0.1) is 11.5 Å². The Hall–Kier alpha value is -2.64. The summed E-state index contributed by atoms with van der Waals surface area (Å²) in [6, 6.07) is 13.8. The molecule has 0 atom stereocenters. The van der Waals surface area contributed by atoms with Gasteiger partial charge in [0.2, 0.25) is 5.91 Å². The van der Waals surface area contributed by atoms with Crippen molar-refractivity contribution < 1.29 is 14.1 Å². The first kappa shape index (κ1) is 19.7. The number of nitrogens with zero attached hydrogens (tertiary/aromatic N) is 2. The van der Waals surface area contributed by atoms with Gasteiger partial charge in [-0.05, 0) is 54.5 Å². The van der Waals surface area contributed by atoms with Crippen LogP contribution in [0.25, 0.3) is 10.6 Å². The summed E-state index contributed by atoms with van der Waals surface area (Å²) in [6.45, 7) is 4.69. The summed E-state index contributed by atoms with van der Waals surface area (Å²) in [7, 11) is 0. The van der Waals surface area contributed by atoms with Crippen LogP contribution in [0.3, 0.4) is 0 Å². The number of thiophene rings is 1. The van der Waals surface area contributed by atoms with E-state index in [1.807, 2.05) is 35.7 Å². The monoisotopic (exact) mass is 411 g/mol. The maximum Gasteiger partial charge on any atom is 0.250 e. The molecule has 1 aliphatic heterocycles. The molecule has 2 aromatic heterocycles. The first-order chi connectivity index (χ1) is 14.2. The molecule has 152 valence electrons. The molecule has 1 aromatic carbocycles. The molecule has 3 heterocycles. The van der Waals surface area contributed by atoms with Crippen molar-refractivity contribution in [1.29, 1.82) is 0 Å². The van der Waals surface area contributed by atoms with Crippen molar-refractivity contribution in [1.82, 2.24) is 5.16 Å². The molecule has 3 aromatic rings. The predicted octanol–water partition coefficient (Wildman–Crippen LogP) is 4.79. The van der Waals surface area contributed by atoms with Crippen LogP contribution in [-0.4, -0.2) is 30.8 Å². The molecule has 0 aliphatic carbocycles. The van der Waals surface area contributed by atoms with Gasteiger partial charge in [-0.25, -0.2) is 0 Å². The summed E-state index contributed by atoms with van der Waals surface area (Å²) in [5.41, 5.74) is 2.65. The summed E-state index contributed by atoms with van der Waals surface area (Å²) in [5, 5.41) is 8.83. The average Bonchev–Trinajstić information content (AvgIpc) is 3.41. The van der Waals surface area contributed by atoms with E-state index < -0.39 is 0 Å². The number of benzene rings is 1. The lowest BCUT2D eigenvalue weighted by Crippen LogP contribution is -2.32. The smallest absolute Gasteiger partial charge is 0.250 e. The SMILES string of the molecule is CC1CCN(c2ccc(NC(=O)COCc3cc(-c4cccs4)on3)cc2)CC1. The zero-order valence-electron chi connectivity index (χ0n) is 16.5. The van der Waals surface area contributed by atoms with Crippen LogP contribution >= 0.6 is 11.3 Å². The highest BCUT2D eigenvalue weighted by molar-refractivity contribution is 7.13. The van der Waals surface area contributed by atoms with Crippen LogP contribution in [-0.2, 0) is 16.1 Å². The van der Waals surface area contributed by atoms with E-state index in [1.54, 1.807) is 11.3 Å². The number of hydrogen-bond acceptors (Lipinski definition) is 6. The molecule has 1 amide bonds. The summed E-state index contributed by atoms with van der Waals surface area (Å²) < 4.78 is 10.8. The minimum Gasteiger partial charge on any atom is -0.372 e. The van der Waals surface area contributed by atoms with Crippen molar-refractivity contribution in [3.63, 3.8) is 0 Å². The Kier molecular flexibility index (Phi) is 6.27. The van der Waals surface area contributed by atoms with E-state index >= 15 is 0 Å². The van der Waals surface area contributed by atoms with Crippen molar-refractivity contribution in [2.45, 2.75) is 26.4 Å². The fourth-order valence-corrected chi connectivity index (χ4v) is 4.06. The number of hydrogen-bond donors (Lipinski definition) is 1. The zero-order valence-corrected chi connectivity index (χ0v) is 17.3. The van der Waals surface area contributed by atoms with E-state index in [1.165, 1.54) is 18.5 Å². The number of carbonyl (C=O) groups is 1. The summed E-state index contributed by atoms with van der Waals surface area (Å²) in [5.74, 6) is 1.34. The van der Waals surface area contributed by atoms with Gasteiger partial charge in [-0.15, -0.1) is 11.3 Å². The first-order valence-corrected chi connectivity index (χ1v) is 10.8. The molecule has 1 N–H and O–H groups in total. The topological polar surface area (TPSA) is 67.6 Å². The number of ether oxygens (including phenoxy) is 1. The number of aromatic nitrogens is 1. The molecule has 1 aliphatic rings. The van der Waals surface area contributed by atoms with Crippen molar-refractivity contribution >= 4 is 28.6 Å². The largest absolute Gasteiger partial charge is 0.372 e. The van der Waals surface area contributed by atoms with E-state index in [4.69, 9.17) is 9.26 Å². The van der Waals surface area contributed by atoms with Gasteiger partial charge in [-0.2, -0.15) is 0 Å². The standard InChI is InChI=1S/C22H25N3O3S/c1-16-8-10-25(11-9-16)19-6-4-17(5-7-19)23-22(26)15-27-14-18-13-20(28-24-18)21-3-2-12-29-21/h2-7,12-13,16H,8-11,14-15H2,1H3,(H,23,26). The third-order valence-electron chi connectivity index (χ3n) is 5.11. The van der Waals surface area contributed by atoms with Gasteiger partial charge in [-0.3, -0.25) is 4.79 Å². The maximum absolute atomic E-state index is 12.1. The van der Waals surface area contributed by atoms with Crippen LogP contribution in [0.1, 0.15) is 25.5 Å².